The average molecular weight is 300 g/mol. The van der Waals surface area contributed by atoms with E-state index in [1.54, 1.807) is 29.5 Å². The van der Waals surface area contributed by atoms with Gasteiger partial charge in [-0.15, -0.1) is 11.3 Å². The monoisotopic (exact) mass is 300 g/mol. The number of nitrogens with one attached hydrogen (secondary N) is 1. The molecule has 0 spiro atoms. The SMILES string of the molecule is O=C(c1cc2c(F)cccc2[nH]1)N1CCc2sccc2C1. The predicted molar refractivity (Wildman–Crippen MR) is 81.0 cm³/mol. The van der Waals surface area contributed by atoms with Gasteiger partial charge in [0.2, 0.25) is 0 Å². The Balaban J connectivity index is 1.66. The quantitative estimate of drug-likeness (QED) is 0.733. The molecule has 1 aromatic carbocycles. The fourth-order valence-corrected chi connectivity index (χ4v) is 3.72. The number of amides is 1. The number of nitrogens with zero attached hydrogens (tertiary/aromatic N) is 1. The Bertz CT molecular complexity index is 836. The summed E-state index contributed by atoms with van der Waals surface area (Å²) in [6.45, 7) is 1.35. The number of benzene rings is 1. The smallest absolute Gasteiger partial charge is 0.270 e. The second-order valence-electron chi connectivity index (χ2n) is 5.23. The molecule has 1 aliphatic heterocycles. The number of aromatic amines is 1. The Hall–Kier alpha value is -2.14. The van der Waals surface area contributed by atoms with Crippen LogP contribution in [0.15, 0.2) is 35.7 Å². The van der Waals surface area contributed by atoms with Crippen molar-refractivity contribution in [2.45, 2.75) is 13.0 Å². The van der Waals surface area contributed by atoms with Crippen LogP contribution in [0.5, 0.6) is 0 Å². The number of H-pyrrole nitrogens is 1. The molecule has 0 radical (unpaired) electrons. The molecule has 3 heterocycles. The van der Waals surface area contributed by atoms with E-state index in [1.165, 1.54) is 16.5 Å². The topological polar surface area (TPSA) is 36.1 Å². The van der Waals surface area contributed by atoms with Crippen LogP contribution >= 0.6 is 11.3 Å². The number of halogens is 1. The van der Waals surface area contributed by atoms with Gasteiger partial charge in [0.15, 0.2) is 0 Å². The third kappa shape index (κ3) is 2.05. The molecule has 106 valence electrons. The number of carbonyl (C=O) groups is 1. The molecule has 0 saturated carbocycles. The highest BCUT2D eigenvalue weighted by molar-refractivity contribution is 7.10. The van der Waals surface area contributed by atoms with E-state index in [9.17, 15) is 9.18 Å². The zero-order valence-electron chi connectivity index (χ0n) is 11.2. The minimum Gasteiger partial charge on any atom is -0.350 e. The van der Waals surface area contributed by atoms with E-state index in [1.807, 2.05) is 4.90 Å². The molecule has 0 unspecified atom stereocenters. The normalized spacial score (nSPS) is 14.4. The van der Waals surface area contributed by atoms with Crippen LogP contribution in [0.3, 0.4) is 0 Å². The summed E-state index contributed by atoms with van der Waals surface area (Å²) in [5, 5.41) is 2.53. The number of hydrogen-bond donors (Lipinski definition) is 1. The van der Waals surface area contributed by atoms with Crippen LogP contribution in [0.1, 0.15) is 20.9 Å². The molecule has 4 rings (SSSR count). The van der Waals surface area contributed by atoms with Crippen molar-refractivity contribution in [1.29, 1.82) is 0 Å². The summed E-state index contributed by atoms with van der Waals surface area (Å²) in [6, 6.07) is 8.51. The Labute approximate surface area is 125 Å². The van der Waals surface area contributed by atoms with Crippen molar-refractivity contribution in [3.05, 3.63) is 57.7 Å². The lowest BCUT2D eigenvalue weighted by Crippen LogP contribution is -2.35. The number of hydrogen-bond acceptors (Lipinski definition) is 2. The van der Waals surface area contributed by atoms with Gasteiger partial charge in [-0.1, -0.05) is 6.07 Å². The highest BCUT2D eigenvalue weighted by atomic mass is 32.1. The van der Waals surface area contributed by atoms with Gasteiger partial charge in [-0.2, -0.15) is 0 Å². The maximum Gasteiger partial charge on any atom is 0.270 e. The first-order valence-electron chi connectivity index (χ1n) is 6.84. The van der Waals surface area contributed by atoms with Gasteiger partial charge in [0, 0.05) is 28.9 Å². The zero-order chi connectivity index (χ0) is 14.4. The van der Waals surface area contributed by atoms with E-state index >= 15 is 0 Å². The minimum absolute atomic E-state index is 0.0672. The molecular weight excluding hydrogens is 287 g/mol. The summed E-state index contributed by atoms with van der Waals surface area (Å²) in [5.74, 6) is -0.371. The minimum atomic E-state index is -0.304. The molecule has 1 aliphatic rings. The average Bonchev–Trinajstić information content (AvgIpc) is 3.12. The first kappa shape index (κ1) is 12.6. The van der Waals surface area contributed by atoms with E-state index in [-0.39, 0.29) is 11.7 Å². The third-order valence-corrected chi connectivity index (χ3v) is 4.96. The number of aromatic nitrogens is 1. The fourth-order valence-electron chi connectivity index (χ4n) is 2.83. The maximum atomic E-state index is 13.7. The highest BCUT2D eigenvalue weighted by Gasteiger charge is 2.23. The van der Waals surface area contributed by atoms with Crippen molar-refractivity contribution in [2.24, 2.45) is 0 Å². The maximum absolute atomic E-state index is 13.7. The molecule has 0 fully saturated rings. The molecule has 21 heavy (non-hydrogen) atoms. The zero-order valence-corrected chi connectivity index (χ0v) is 12.0. The number of rotatable bonds is 1. The molecule has 1 amide bonds. The highest BCUT2D eigenvalue weighted by Crippen LogP contribution is 2.26. The summed E-state index contributed by atoms with van der Waals surface area (Å²) < 4.78 is 13.7. The number of thiophene rings is 1. The van der Waals surface area contributed by atoms with Crippen LogP contribution in [0.2, 0.25) is 0 Å². The lowest BCUT2D eigenvalue weighted by molar-refractivity contribution is 0.0731. The van der Waals surface area contributed by atoms with E-state index in [4.69, 9.17) is 0 Å². The molecule has 0 atom stereocenters. The molecule has 2 aromatic heterocycles. The van der Waals surface area contributed by atoms with Gasteiger partial charge in [0.25, 0.3) is 5.91 Å². The Morgan fingerprint density at radius 2 is 2.24 bits per heavy atom. The Morgan fingerprint density at radius 3 is 3.10 bits per heavy atom. The predicted octanol–water partition coefficient (Wildman–Crippen LogP) is 3.57. The van der Waals surface area contributed by atoms with Crippen molar-refractivity contribution in [1.82, 2.24) is 9.88 Å². The van der Waals surface area contributed by atoms with Crippen LogP contribution in [0.4, 0.5) is 4.39 Å². The van der Waals surface area contributed by atoms with Crippen molar-refractivity contribution in [3.63, 3.8) is 0 Å². The van der Waals surface area contributed by atoms with E-state index < -0.39 is 0 Å². The second kappa shape index (κ2) is 4.70. The van der Waals surface area contributed by atoms with Gasteiger partial charge in [-0.3, -0.25) is 4.79 Å². The largest absolute Gasteiger partial charge is 0.350 e. The summed E-state index contributed by atoms with van der Waals surface area (Å²) in [4.78, 5) is 18.8. The van der Waals surface area contributed by atoms with Gasteiger partial charge in [-0.05, 0) is 41.6 Å². The molecule has 0 aliphatic carbocycles. The van der Waals surface area contributed by atoms with E-state index in [2.05, 4.69) is 16.4 Å². The van der Waals surface area contributed by atoms with Crippen LogP contribution in [0.25, 0.3) is 10.9 Å². The molecule has 3 aromatic rings. The lowest BCUT2D eigenvalue weighted by atomic mass is 10.1. The molecule has 1 N–H and O–H groups in total. The second-order valence-corrected chi connectivity index (χ2v) is 6.23. The summed E-state index contributed by atoms with van der Waals surface area (Å²) in [6.07, 6.45) is 0.896. The van der Waals surface area contributed by atoms with Gasteiger partial charge >= 0.3 is 0 Å². The van der Waals surface area contributed by atoms with Crippen molar-refractivity contribution < 1.29 is 9.18 Å². The summed E-state index contributed by atoms with van der Waals surface area (Å²) >= 11 is 1.75. The molecule has 0 saturated heterocycles. The van der Waals surface area contributed by atoms with Crippen LogP contribution < -0.4 is 0 Å². The van der Waals surface area contributed by atoms with Crippen LogP contribution in [-0.2, 0) is 13.0 Å². The first-order valence-corrected chi connectivity index (χ1v) is 7.72. The standard InChI is InChI=1S/C16H13FN2OS/c17-12-2-1-3-13-11(12)8-14(18-13)16(20)19-6-4-15-10(9-19)5-7-21-15/h1-3,5,7-8,18H,4,6,9H2. The lowest BCUT2D eigenvalue weighted by Gasteiger charge is -2.26. The molecule has 5 heteroatoms. The van der Waals surface area contributed by atoms with Gasteiger partial charge in [-0.25, -0.2) is 4.39 Å². The summed E-state index contributed by atoms with van der Waals surface area (Å²) in [5.41, 5.74) is 2.34. The van der Waals surface area contributed by atoms with Crippen molar-refractivity contribution in [3.8, 4) is 0 Å². The molecular formula is C16H13FN2OS. The van der Waals surface area contributed by atoms with Crippen LogP contribution in [-0.4, -0.2) is 22.3 Å². The van der Waals surface area contributed by atoms with E-state index in [0.717, 1.165) is 6.42 Å². The first-order chi connectivity index (χ1) is 10.2. The van der Waals surface area contributed by atoms with E-state index in [0.29, 0.717) is 29.7 Å². The Morgan fingerprint density at radius 1 is 1.33 bits per heavy atom. The van der Waals surface area contributed by atoms with Crippen molar-refractivity contribution in [2.75, 3.05) is 6.54 Å². The number of fused-ring (bicyclic) bond motifs is 2. The molecule has 0 bridgehead atoms. The third-order valence-electron chi connectivity index (χ3n) is 3.94. The van der Waals surface area contributed by atoms with Crippen molar-refractivity contribution >= 4 is 28.1 Å². The number of carbonyl (C=O) groups excluding carboxylic acids is 1. The fraction of sp³-hybridized carbons (Fsp3) is 0.188. The van der Waals surface area contributed by atoms with Gasteiger partial charge < -0.3 is 9.88 Å². The van der Waals surface area contributed by atoms with Gasteiger partial charge in [0.05, 0.1) is 0 Å². The van der Waals surface area contributed by atoms with Gasteiger partial charge in [0.1, 0.15) is 11.5 Å². The van der Waals surface area contributed by atoms with Crippen LogP contribution in [0, 0.1) is 5.82 Å². The molecule has 3 nitrogen and oxygen atoms in total. The summed E-state index contributed by atoms with van der Waals surface area (Å²) in [7, 11) is 0. The Kier molecular flexibility index (Phi) is 2.82.